The Hall–Kier alpha value is -3.92. The Labute approximate surface area is 202 Å². The van der Waals surface area contributed by atoms with E-state index >= 15 is 0 Å². The van der Waals surface area contributed by atoms with E-state index in [9.17, 15) is 13.2 Å². The summed E-state index contributed by atoms with van der Waals surface area (Å²) in [6.07, 6.45) is -0.497. The van der Waals surface area contributed by atoms with Crippen molar-refractivity contribution in [2.24, 2.45) is 0 Å². The van der Waals surface area contributed by atoms with Gasteiger partial charge in [-0.05, 0) is 60.9 Å². The van der Waals surface area contributed by atoms with Gasteiger partial charge in [0, 0.05) is 33.7 Å². The minimum absolute atomic E-state index is 0.230. The van der Waals surface area contributed by atoms with Crippen molar-refractivity contribution in [2.75, 3.05) is 18.2 Å². The van der Waals surface area contributed by atoms with Gasteiger partial charge in [0.05, 0.1) is 22.9 Å². The monoisotopic (exact) mass is 495 g/mol. The van der Waals surface area contributed by atoms with Crippen molar-refractivity contribution in [1.29, 1.82) is 0 Å². The van der Waals surface area contributed by atoms with Crippen LogP contribution in [0.3, 0.4) is 0 Å². The zero-order valence-electron chi connectivity index (χ0n) is 18.8. The SMILES string of the molecule is COc1ccc(Nc2nccc3c(Cc4ccc5nc(N)ncc5c4)c(C)sc23)cc1C(F)(F)F. The van der Waals surface area contributed by atoms with E-state index in [1.54, 1.807) is 29.8 Å². The molecule has 0 aliphatic rings. The van der Waals surface area contributed by atoms with Crippen molar-refractivity contribution < 1.29 is 17.9 Å². The largest absolute Gasteiger partial charge is 0.496 e. The van der Waals surface area contributed by atoms with Crippen LogP contribution in [0.15, 0.2) is 54.9 Å². The van der Waals surface area contributed by atoms with Crippen LogP contribution in [0.2, 0.25) is 0 Å². The molecule has 6 nitrogen and oxygen atoms in total. The van der Waals surface area contributed by atoms with Gasteiger partial charge >= 0.3 is 6.18 Å². The minimum Gasteiger partial charge on any atom is -0.496 e. The molecule has 0 atom stereocenters. The number of methoxy groups -OCH3 is 1. The smallest absolute Gasteiger partial charge is 0.420 e. The number of ether oxygens (including phenoxy) is 1. The van der Waals surface area contributed by atoms with Gasteiger partial charge in [-0.25, -0.2) is 15.0 Å². The average molecular weight is 496 g/mol. The van der Waals surface area contributed by atoms with Crippen molar-refractivity contribution >= 4 is 49.8 Å². The predicted molar refractivity (Wildman–Crippen MR) is 132 cm³/mol. The van der Waals surface area contributed by atoms with Gasteiger partial charge in [0.2, 0.25) is 5.95 Å². The van der Waals surface area contributed by atoms with Crippen molar-refractivity contribution in [3.8, 4) is 5.75 Å². The number of nitrogens with one attached hydrogen (secondary N) is 1. The second-order valence-electron chi connectivity index (χ2n) is 8.01. The number of aromatic nitrogens is 3. The van der Waals surface area contributed by atoms with Gasteiger partial charge in [0.1, 0.15) is 11.6 Å². The van der Waals surface area contributed by atoms with Crippen LogP contribution in [-0.4, -0.2) is 22.1 Å². The molecule has 0 amide bonds. The molecular formula is C25H20F3N5OS. The number of nitrogens with two attached hydrogens (primary N) is 1. The first kappa shape index (κ1) is 22.9. The first-order valence-corrected chi connectivity index (χ1v) is 11.4. The van der Waals surface area contributed by atoms with E-state index in [2.05, 4.69) is 20.3 Å². The van der Waals surface area contributed by atoms with E-state index in [1.807, 2.05) is 31.2 Å². The summed E-state index contributed by atoms with van der Waals surface area (Å²) >= 11 is 1.55. The molecule has 0 saturated carbocycles. The molecule has 35 heavy (non-hydrogen) atoms. The lowest BCUT2D eigenvalue weighted by Crippen LogP contribution is -2.08. The molecule has 10 heteroatoms. The highest BCUT2D eigenvalue weighted by Crippen LogP contribution is 2.40. The zero-order chi connectivity index (χ0) is 24.7. The number of halogens is 3. The first-order chi connectivity index (χ1) is 16.7. The molecule has 0 aliphatic carbocycles. The molecule has 5 rings (SSSR count). The lowest BCUT2D eigenvalue weighted by Gasteiger charge is -2.14. The molecule has 178 valence electrons. The van der Waals surface area contributed by atoms with Crippen LogP contribution >= 0.6 is 11.3 Å². The molecule has 3 heterocycles. The molecule has 0 spiro atoms. The fraction of sp³-hybridized carbons (Fsp3) is 0.160. The van der Waals surface area contributed by atoms with Crippen LogP contribution < -0.4 is 15.8 Å². The normalized spacial score (nSPS) is 11.8. The number of benzene rings is 2. The summed E-state index contributed by atoms with van der Waals surface area (Å²) in [5, 5.41) is 4.96. The van der Waals surface area contributed by atoms with Crippen LogP contribution in [0.1, 0.15) is 21.6 Å². The Kier molecular flexibility index (Phi) is 5.68. The second kappa shape index (κ2) is 8.70. The maximum atomic E-state index is 13.5. The quantitative estimate of drug-likeness (QED) is 0.290. The number of thiophene rings is 1. The van der Waals surface area contributed by atoms with E-state index in [1.165, 1.54) is 13.2 Å². The van der Waals surface area contributed by atoms with Gasteiger partial charge in [0.25, 0.3) is 0 Å². The number of hydrogen-bond acceptors (Lipinski definition) is 7. The highest BCUT2D eigenvalue weighted by molar-refractivity contribution is 7.19. The third-order valence-corrected chi connectivity index (χ3v) is 6.89. The van der Waals surface area contributed by atoms with Gasteiger partial charge in [-0.2, -0.15) is 13.2 Å². The summed E-state index contributed by atoms with van der Waals surface area (Å²) < 4.78 is 46.1. The third kappa shape index (κ3) is 4.44. The summed E-state index contributed by atoms with van der Waals surface area (Å²) in [6.45, 7) is 2.03. The Balaban J connectivity index is 1.50. The second-order valence-corrected chi connectivity index (χ2v) is 9.23. The summed E-state index contributed by atoms with van der Waals surface area (Å²) in [7, 11) is 1.22. The van der Waals surface area contributed by atoms with Crippen LogP contribution in [0, 0.1) is 6.92 Å². The highest BCUT2D eigenvalue weighted by Gasteiger charge is 2.34. The third-order valence-electron chi connectivity index (χ3n) is 5.72. The molecule has 0 fully saturated rings. The summed E-state index contributed by atoms with van der Waals surface area (Å²) in [4.78, 5) is 13.8. The number of aryl methyl sites for hydroxylation is 1. The van der Waals surface area contributed by atoms with Gasteiger partial charge in [0.15, 0.2) is 0 Å². The van der Waals surface area contributed by atoms with Gasteiger partial charge < -0.3 is 15.8 Å². The standard InChI is InChI=1S/C25H20F3N5OS/c1-13-18(10-14-3-5-20-15(9-14)12-31-24(29)33-20)17-7-8-30-23(22(17)35-13)32-16-4-6-21(34-2)19(11-16)25(26,27)28/h3-9,11-12H,10H2,1-2H3,(H,30,32)(H2,29,31,33). The maximum Gasteiger partial charge on any atom is 0.420 e. The average Bonchev–Trinajstić information content (AvgIpc) is 3.14. The molecular weight excluding hydrogens is 475 g/mol. The van der Waals surface area contributed by atoms with E-state index in [0.717, 1.165) is 43.1 Å². The van der Waals surface area contributed by atoms with Gasteiger partial charge in [-0.15, -0.1) is 11.3 Å². The Morgan fingerprint density at radius 2 is 1.91 bits per heavy atom. The molecule has 5 aromatic rings. The van der Waals surface area contributed by atoms with Gasteiger partial charge in [-0.3, -0.25) is 0 Å². The number of anilines is 3. The Bertz CT molecular complexity index is 1560. The molecule has 0 bridgehead atoms. The fourth-order valence-corrected chi connectivity index (χ4v) is 5.17. The molecule has 0 unspecified atom stereocenters. The first-order valence-electron chi connectivity index (χ1n) is 10.6. The number of rotatable bonds is 5. The molecule has 3 aromatic heterocycles. The summed E-state index contributed by atoms with van der Waals surface area (Å²) in [5.41, 5.74) is 8.11. The number of hydrogen-bond donors (Lipinski definition) is 2. The highest BCUT2D eigenvalue weighted by atomic mass is 32.1. The molecule has 2 aromatic carbocycles. The van der Waals surface area contributed by atoms with E-state index < -0.39 is 11.7 Å². The number of fused-ring (bicyclic) bond motifs is 2. The molecule has 3 N–H and O–H groups in total. The topological polar surface area (TPSA) is 86.0 Å². The number of nitrogens with zero attached hydrogens (tertiary/aromatic N) is 3. The predicted octanol–water partition coefficient (Wildman–Crippen LogP) is 6.49. The molecule has 0 aliphatic heterocycles. The molecule has 0 radical (unpaired) electrons. The lowest BCUT2D eigenvalue weighted by molar-refractivity contribution is -0.138. The number of alkyl halides is 3. The van der Waals surface area contributed by atoms with E-state index in [0.29, 0.717) is 12.2 Å². The van der Waals surface area contributed by atoms with E-state index in [4.69, 9.17) is 10.5 Å². The lowest BCUT2D eigenvalue weighted by atomic mass is 10.0. The summed E-state index contributed by atoms with van der Waals surface area (Å²) in [6, 6.07) is 11.8. The Morgan fingerprint density at radius 3 is 2.69 bits per heavy atom. The van der Waals surface area contributed by atoms with Crippen molar-refractivity contribution in [2.45, 2.75) is 19.5 Å². The maximum absolute atomic E-state index is 13.5. The summed E-state index contributed by atoms with van der Waals surface area (Å²) in [5.74, 6) is 0.506. The van der Waals surface area contributed by atoms with Crippen LogP contribution in [0.25, 0.3) is 21.0 Å². The van der Waals surface area contributed by atoms with Gasteiger partial charge in [-0.1, -0.05) is 6.07 Å². The minimum atomic E-state index is -4.54. The fourth-order valence-electron chi connectivity index (χ4n) is 4.06. The van der Waals surface area contributed by atoms with Crippen LogP contribution in [0.5, 0.6) is 5.75 Å². The number of pyridine rings is 1. The van der Waals surface area contributed by atoms with Crippen molar-refractivity contribution in [3.05, 3.63) is 76.4 Å². The van der Waals surface area contributed by atoms with Crippen LogP contribution in [-0.2, 0) is 12.6 Å². The molecule has 0 saturated heterocycles. The van der Waals surface area contributed by atoms with Crippen molar-refractivity contribution in [3.63, 3.8) is 0 Å². The van der Waals surface area contributed by atoms with Crippen molar-refractivity contribution in [1.82, 2.24) is 15.0 Å². The number of nitrogen functional groups attached to an aromatic ring is 1. The van der Waals surface area contributed by atoms with Crippen LogP contribution in [0.4, 0.5) is 30.6 Å². The Morgan fingerprint density at radius 1 is 1.09 bits per heavy atom. The van der Waals surface area contributed by atoms with E-state index in [-0.39, 0.29) is 17.4 Å². The zero-order valence-corrected chi connectivity index (χ0v) is 19.6.